The minimum Gasteiger partial charge on any atom is -0.357 e. The number of nitrogens with one attached hydrogen (secondary N) is 2. The lowest BCUT2D eigenvalue weighted by molar-refractivity contribution is 0.297. The van der Waals surface area contributed by atoms with E-state index < -0.39 is 0 Å². The molecule has 3 nitrogen and oxygen atoms in total. The second-order valence-electron chi connectivity index (χ2n) is 4.81. The molecular formula is C14H26IN3. The Morgan fingerprint density at radius 1 is 1.28 bits per heavy atom. The monoisotopic (exact) mass is 363 g/mol. The van der Waals surface area contributed by atoms with Crippen molar-refractivity contribution in [2.75, 3.05) is 19.6 Å². The molecular weight excluding hydrogens is 337 g/mol. The van der Waals surface area contributed by atoms with Gasteiger partial charge in [-0.2, -0.15) is 0 Å². The highest BCUT2D eigenvalue weighted by atomic mass is 127. The van der Waals surface area contributed by atoms with Gasteiger partial charge < -0.3 is 10.6 Å². The van der Waals surface area contributed by atoms with Crippen LogP contribution in [0.3, 0.4) is 0 Å². The highest BCUT2D eigenvalue weighted by Crippen LogP contribution is 2.41. The van der Waals surface area contributed by atoms with Crippen LogP contribution < -0.4 is 10.6 Å². The highest BCUT2D eigenvalue weighted by molar-refractivity contribution is 14.0. The van der Waals surface area contributed by atoms with Gasteiger partial charge in [-0.3, -0.25) is 4.99 Å². The summed E-state index contributed by atoms with van der Waals surface area (Å²) in [5.41, 5.74) is 0.443. The van der Waals surface area contributed by atoms with Gasteiger partial charge in [0.15, 0.2) is 5.96 Å². The number of halogens is 1. The van der Waals surface area contributed by atoms with Gasteiger partial charge >= 0.3 is 0 Å². The summed E-state index contributed by atoms with van der Waals surface area (Å²) >= 11 is 0. The molecule has 1 fully saturated rings. The van der Waals surface area contributed by atoms with E-state index in [1.807, 2.05) is 0 Å². The SMILES string of the molecule is C#CCNC(=NCC1(CC)CCCC1)NCC.I. The zero-order valence-electron chi connectivity index (χ0n) is 11.6. The van der Waals surface area contributed by atoms with Crippen molar-refractivity contribution in [3.05, 3.63) is 0 Å². The van der Waals surface area contributed by atoms with Gasteiger partial charge in [0.05, 0.1) is 6.54 Å². The molecule has 0 atom stereocenters. The first-order valence-electron chi connectivity index (χ1n) is 6.72. The first kappa shape index (κ1) is 17.6. The van der Waals surface area contributed by atoms with Crippen LogP contribution in [0.15, 0.2) is 4.99 Å². The van der Waals surface area contributed by atoms with Crippen molar-refractivity contribution >= 4 is 29.9 Å². The van der Waals surface area contributed by atoms with Gasteiger partial charge in [0.1, 0.15) is 0 Å². The van der Waals surface area contributed by atoms with Crippen LogP contribution in [0.25, 0.3) is 0 Å². The molecule has 0 amide bonds. The number of terminal acetylenes is 1. The van der Waals surface area contributed by atoms with Crippen molar-refractivity contribution in [3.8, 4) is 12.3 Å². The average molecular weight is 363 g/mol. The zero-order chi connectivity index (χ0) is 12.6. The average Bonchev–Trinajstić information content (AvgIpc) is 2.82. The Balaban J connectivity index is 0.00000289. The number of aliphatic imine (C=N–C) groups is 1. The number of nitrogens with zero attached hydrogens (tertiary/aromatic N) is 1. The summed E-state index contributed by atoms with van der Waals surface area (Å²) in [4.78, 5) is 4.67. The molecule has 2 N–H and O–H groups in total. The number of rotatable bonds is 5. The Morgan fingerprint density at radius 2 is 1.94 bits per heavy atom. The Bertz CT molecular complexity index is 288. The van der Waals surface area contributed by atoms with E-state index in [0.717, 1.165) is 19.0 Å². The van der Waals surface area contributed by atoms with E-state index in [1.54, 1.807) is 0 Å². The van der Waals surface area contributed by atoms with Crippen molar-refractivity contribution in [2.24, 2.45) is 10.4 Å². The molecule has 0 spiro atoms. The van der Waals surface area contributed by atoms with E-state index >= 15 is 0 Å². The summed E-state index contributed by atoms with van der Waals surface area (Å²) in [6.45, 7) is 6.67. The van der Waals surface area contributed by atoms with E-state index in [4.69, 9.17) is 6.42 Å². The molecule has 0 unspecified atom stereocenters. The summed E-state index contributed by atoms with van der Waals surface area (Å²) in [7, 11) is 0. The van der Waals surface area contributed by atoms with Crippen molar-refractivity contribution in [2.45, 2.75) is 46.0 Å². The second-order valence-corrected chi connectivity index (χ2v) is 4.81. The molecule has 4 heteroatoms. The predicted octanol–water partition coefficient (Wildman–Crippen LogP) is 2.76. The lowest BCUT2D eigenvalue weighted by atomic mass is 9.84. The Labute approximate surface area is 129 Å². The smallest absolute Gasteiger partial charge is 0.192 e. The third-order valence-electron chi connectivity index (χ3n) is 3.69. The summed E-state index contributed by atoms with van der Waals surface area (Å²) in [5, 5.41) is 6.36. The lowest BCUT2D eigenvalue weighted by Gasteiger charge is -2.25. The fourth-order valence-electron chi connectivity index (χ4n) is 2.47. The molecule has 0 aromatic carbocycles. The van der Waals surface area contributed by atoms with Gasteiger partial charge in [0, 0.05) is 13.1 Å². The Morgan fingerprint density at radius 3 is 2.44 bits per heavy atom. The molecule has 18 heavy (non-hydrogen) atoms. The predicted molar refractivity (Wildman–Crippen MR) is 89.4 cm³/mol. The van der Waals surface area contributed by atoms with Crippen molar-refractivity contribution in [1.82, 2.24) is 10.6 Å². The third kappa shape index (κ3) is 5.47. The topological polar surface area (TPSA) is 36.4 Å². The first-order valence-corrected chi connectivity index (χ1v) is 6.72. The first-order chi connectivity index (χ1) is 8.26. The molecule has 1 aliphatic carbocycles. The Hall–Kier alpha value is -0.440. The number of hydrogen-bond acceptors (Lipinski definition) is 1. The molecule has 104 valence electrons. The van der Waals surface area contributed by atoms with E-state index in [0.29, 0.717) is 12.0 Å². The minimum absolute atomic E-state index is 0. The molecule has 0 aromatic rings. The highest BCUT2D eigenvalue weighted by Gasteiger charge is 2.31. The van der Waals surface area contributed by atoms with E-state index in [9.17, 15) is 0 Å². The maximum Gasteiger partial charge on any atom is 0.192 e. The van der Waals surface area contributed by atoms with Crippen molar-refractivity contribution in [3.63, 3.8) is 0 Å². The van der Waals surface area contributed by atoms with Crippen LogP contribution in [-0.4, -0.2) is 25.6 Å². The third-order valence-corrected chi connectivity index (χ3v) is 3.69. The maximum atomic E-state index is 5.25. The fraction of sp³-hybridized carbons (Fsp3) is 0.786. The maximum absolute atomic E-state index is 5.25. The lowest BCUT2D eigenvalue weighted by Crippen LogP contribution is -2.38. The summed E-state index contributed by atoms with van der Waals surface area (Å²) in [5.74, 6) is 3.43. The van der Waals surface area contributed by atoms with Crippen LogP contribution in [0.4, 0.5) is 0 Å². The van der Waals surface area contributed by atoms with Crippen molar-refractivity contribution in [1.29, 1.82) is 0 Å². The largest absolute Gasteiger partial charge is 0.357 e. The normalized spacial score (nSPS) is 17.7. The Kier molecular flexibility index (Phi) is 9.25. The zero-order valence-corrected chi connectivity index (χ0v) is 13.9. The van der Waals surface area contributed by atoms with Crippen LogP contribution in [0.2, 0.25) is 0 Å². The summed E-state index contributed by atoms with van der Waals surface area (Å²) in [6, 6.07) is 0. The van der Waals surface area contributed by atoms with E-state index in [1.165, 1.54) is 32.1 Å². The van der Waals surface area contributed by atoms with Gasteiger partial charge in [-0.25, -0.2) is 0 Å². The second kappa shape index (κ2) is 9.48. The van der Waals surface area contributed by atoms with Crippen LogP contribution in [0.1, 0.15) is 46.0 Å². The van der Waals surface area contributed by atoms with Gasteiger partial charge in [-0.15, -0.1) is 30.4 Å². The molecule has 1 aliphatic rings. The minimum atomic E-state index is 0. The molecule has 0 bridgehead atoms. The molecule has 0 aliphatic heterocycles. The standard InChI is InChI=1S/C14H25N3.HI/c1-4-11-16-13(15-6-3)17-12-14(5-2)9-7-8-10-14;/h1H,5-12H2,2-3H3,(H2,15,16,17);1H. The number of guanidine groups is 1. The molecule has 0 aromatic heterocycles. The van der Waals surface area contributed by atoms with Gasteiger partial charge in [0.25, 0.3) is 0 Å². The van der Waals surface area contributed by atoms with E-state index in [2.05, 4.69) is 35.4 Å². The van der Waals surface area contributed by atoms with Crippen molar-refractivity contribution < 1.29 is 0 Å². The molecule has 0 heterocycles. The molecule has 0 radical (unpaired) electrons. The van der Waals surface area contributed by atoms with Crippen LogP contribution in [-0.2, 0) is 0 Å². The van der Waals surface area contributed by atoms with E-state index in [-0.39, 0.29) is 24.0 Å². The van der Waals surface area contributed by atoms with Crippen LogP contribution >= 0.6 is 24.0 Å². The molecule has 0 saturated heterocycles. The van der Waals surface area contributed by atoms with Gasteiger partial charge in [-0.05, 0) is 31.6 Å². The van der Waals surface area contributed by atoms with Gasteiger partial charge in [0.2, 0.25) is 0 Å². The molecule has 1 rings (SSSR count). The molecule has 1 saturated carbocycles. The van der Waals surface area contributed by atoms with Gasteiger partial charge in [-0.1, -0.05) is 25.7 Å². The summed E-state index contributed by atoms with van der Waals surface area (Å²) in [6.07, 6.45) is 11.8. The fourth-order valence-corrected chi connectivity index (χ4v) is 2.47. The number of hydrogen-bond donors (Lipinski definition) is 2. The summed E-state index contributed by atoms with van der Waals surface area (Å²) < 4.78 is 0. The quantitative estimate of drug-likeness (QED) is 0.341. The van der Waals surface area contributed by atoms with Crippen LogP contribution in [0.5, 0.6) is 0 Å². The van der Waals surface area contributed by atoms with Crippen LogP contribution in [0, 0.1) is 17.8 Å².